The van der Waals surface area contributed by atoms with E-state index in [4.69, 9.17) is 4.74 Å². The van der Waals surface area contributed by atoms with Crippen molar-refractivity contribution in [2.45, 2.75) is 31.5 Å². The van der Waals surface area contributed by atoms with E-state index in [-0.39, 0.29) is 12.1 Å². The summed E-state index contributed by atoms with van der Waals surface area (Å²) in [6.07, 6.45) is 3.30. The Labute approximate surface area is 224 Å². The third kappa shape index (κ3) is 5.88. The molecule has 206 valence electrons. The summed E-state index contributed by atoms with van der Waals surface area (Å²) in [7, 11) is 1.66. The molecule has 13 heteroatoms. The van der Waals surface area contributed by atoms with Gasteiger partial charge in [0.25, 0.3) is 0 Å². The van der Waals surface area contributed by atoms with Gasteiger partial charge in [0.1, 0.15) is 41.7 Å². The van der Waals surface area contributed by atoms with Gasteiger partial charge in [-0.3, -0.25) is 4.90 Å². The number of ether oxygens (including phenoxy) is 1. The standard InChI is InChI=1S/C26H31F2N9O2/c1-19(26(38,16-36-18-29-17-30-36)23-8-3-20(27)15-24(23)28)37-32-25(31-33-37)9-10-34-11-13-35(14-12-34)21-4-6-22(39-2)7-5-21/h3-8,15,17-19,38H,9-14,16H2,1-2H3. The van der Waals surface area contributed by atoms with Crippen LogP contribution in [0.5, 0.6) is 5.75 Å². The van der Waals surface area contributed by atoms with Crippen molar-refractivity contribution >= 4 is 5.69 Å². The van der Waals surface area contributed by atoms with E-state index in [2.05, 4.69) is 47.4 Å². The monoisotopic (exact) mass is 539 g/mol. The molecular formula is C26H31F2N9O2. The van der Waals surface area contributed by atoms with Crippen LogP contribution in [0.15, 0.2) is 55.1 Å². The second kappa shape index (κ2) is 11.4. The van der Waals surface area contributed by atoms with Crippen LogP contribution < -0.4 is 9.64 Å². The fraction of sp³-hybridized carbons (Fsp3) is 0.423. The number of benzene rings is 2. The molecule has 3 heterocycles. The third-order valence-corrected chi connectivity index (χ3v) is 7.24. The summed E-state index contributed by atoms with van der Waals surface area (Å²) < 4.78 is 35.1. The number of halogens is 2. The maximum absolute atomic E-state index is 14.8. The summed E-state index contributed by atoms with van der Waals surface area (Å²) in [5.74, 6) is -0.259. The van der Waals surface area contributed by atoms with Crippen LogP contribution in [0.4, 0.5) is 14.5 Å². The van der Waals surface area contributed by atoms with E-state index in [1.165, 1.54) is 33.9 Å². The Hall–Kier alpha value is -3.97. The average Bonchev–Trinajstić information content (AvgIpc) is 3.64. The average molecular weight is 540 g/mol. The highest BCUT2D eigenvalue weighted by Gasteiger charge is 2.41. The molecule has 2 aromatic carbocycles. The fourth-order valence-electron chi connectivity index (χ4n) is 4.84. The van der Waals surface area contributed by atoms with E-state index in [0.29, 0.717) is 12.2 Å². The molecular weight excluding hydrogens is 508 g/mol. The molecule has 2 aromatic heterocycles. The number of tetrazole rings is 1. The number of hydrogen-bond acceptors (Lipinski definition) is 9. The molecule has 0 amide bonds. The molecule has 1 N–H and O–H groups in total. The van der Waals surface area contributed by atoms with E-state index in [0.717, 1.165) is 50.6 Å². The molecule has 0 radical (unpaired) electrons. The van der Waals surface area contributed by atoms with Crippen LogP contribution in [0.25, 0.3) is 0 Å². The van der Waals surface area contributed by atoms with E-state index < -0.39 is 23.3 Å². The zero-order valence-electron chi connectivity index (χ0n) is 21.9. The maximum atomic E-state index is 14.8. The van der Waals surface area contributed by atoms with Gasteiger partial charge < -0.3 is 14.7 Å². The number of aromatic nitrogens is 7. The lowest BCUT2D eigenvalue weighted by atomic mass is 9.86. The lowest BCUT2D eigenvalue weighted by Crippen LogP contribution is -2.47. The molecule has 0 saturated carbocycles. The quantitative estimate of drug-likeness (QED) is 0.324. The van der Waals surface area contributed by atoms with Crippen molar-refractivity contribution < 1.29 is 18.6 Å². The summed E-state index contributed by atoms with van der Waals surface area (Å²) in [5, 5.41) is 28.6. The Kier molecular flexibility index (Phi) is 7.79. The molecule has 1 aliphatic rings. The second-order valence-electron chi connectivity index (χ2n) is 9.62. The van der Waals surface area contributed by atoms with E-state index in [1.54, 1.807) is 14.0 Å². The van der Waals surface area contributed by atoms with Crippen LogP contribution in [0.3, 0.4) is 0 Å². The normalized spacial score (nSPS) is 16.7. The zero-order valence-corrected chi connectivity index (χ0v) is 21.9. The first-order chi connectivity index (χ1) is 18.9. The van der Waals surface area contributed by atoms with Gasteiger partial charge in [-0.2, -0.15) is 9.90 Å². The lowest BCUT2D eigenvalue weighted by Gasteiger charge is -2.36. The van der Waals surface area contributed by atoms with E-state index in [9.17, 15) is 13.9 Å². The Balaban J connectivity index is 1.23. The molecule has 1 saturated heterocycles. The fourth-order valence-corrected chi connectivity index (χ4v) is 4.84. The van der Waals surface area contributed by atoms with Crippen LogP contribution in [0.2, 0.25) is 0 Å². The van der Waals surface area contributed by atoms with E-state index in [1.807, 2.05) is 12.1 Å². The van der Waals surface area contributed by atoms with Crippen molar-refractivity contribution in [3.8, 4) is 5.75 Å². The van der Waals surface area contributed by atoms with Gasteiger partial charge >= 0.3 is 0 Å². The van der Waals surface area contributed by atoms with Gasteiger partial charge in [0.05, 0.1) is 13.7 Å². The predicted molar refractivity (Wildman–Crippen MR) is 138 cm³/mol. The van der Waals surface area contributed by atoms with Crippen LogP contribution in [0.1, 0.15) is 24.4 Å². The second-order valence-corrected chi connectivity index (χ2v) is 9.62. The molecule has 1 aliphatic heterocycles. The van der Waals surface area contributed by atoms with Gasteiger partial charge in [-0.15, -0.1) is 10.2 Å². The van der Waals surface area contributed by atoms with Crippen LogP contribution >= 0.6 is 0 Å². The third-order valence-electron chi connectivity index (χ3n) is 7.24. The van der Waals surface area contributed by atoms with Gasteiger partial charge in [-0.1, -0.05) is 6.07 Å². The minimum atomic E-state index is -1.86. The minimum absolute atomic E-state index is 0.0968. The first-order valence-corrected chi connectivity index (χ1v) is 12.8. The van der Waals surface area contributed by atoms with Crippen molar-refractivity contribution in [3.05, 3.63) is 78.1 Å². The van der Waals surface area contributed by atoms with Gasteiger partial charge in [-0.05, 0) is 42.5 Å². The molecule has 2 atom stereocenters. The first kappa shape index (κ1) is 26.6. The smallest absolute Gasteiger partial charge is 0.176 e. The highest BCUT2D eigenvalue weighted by molar-refractivity contribution is 5.49. The summed E-state index contributed by atoms with van der Waals surface area (Å²) >= 11 is 0. The molecule has 0 spiro atoms. The SMILES string of the molecule is COc1ccc(N2CCN(CCc3nnn(C(C)C(O)(Cn4cncn4)c4ccc(F)cc4F)n3)CC2)cc1. The molecule has 1 fully saturated rings. The number of anilines is 1. The highest BCUT2D eigenvalue weighted by atomic mass is 19.1. The van der Waals surface area contributed by atoms with Crippen molar-refractivity contribution in [2.75, 3.05) is 44.7 Å². The highest BCUT2D eigenvalue weighted by Crippen LogP contribution is 2.36. The van der Waals surface area contributed by atoms with Crippen molar-refractivity contribution in [3.63, 3.8) is 0 Å². The van der Waals surface area contributed by atoms with Gasteiger partial charge in [-0.25, -0.2) is 18.4 Å². The summed E-state index contributed by atoms with van der Waals surface area (Å²) in [4.78, 5) is 9.86. The number of nitrogens with zero attached hydrogens (tertiary/aromatic N) is 9. The molecule has 0 bridgehead atoms. The summed E-state index contributed by atoms with van der Waals surface area (Å²) in [6.45, 7) is 5.88. The predicted octanol–water partition coefficient (Wildman–Crippen LogP) is 2.07. The van der Waals surface area contributed by atoms with Crippen LogP contribution in [-0.2, 0) is 18.6 Å². The largest absolute Gasteiger partial charge is 0.497 e. The van der Waals surface area contributed by atoms with Crippen LogP contribution in [0, 0.1) is 11.6 Å². The summed E-state index contributed by atoms with van der Waals surface area (Å²) in [6, 6.07) is 10.3. The number of rotatable bonds is 10. The van der Waals surface area contributed by atoms with Crippen molar-refractivity contribution in [1.82, 2.24) is 39.9 Å². The molecule has 11 nitrogen and oxygen atoms in total. The van der Waals surface area contributed by atoms with Gasteiger partial charge in [0.15, 0.2) is 5.82 Å². The summed E-state index contributed by atoms with van der Waals surface area (Å²) in [5.41, 5.74) is -0.785. The molecule has 39 heavy (non-hydrogen) atoms. The van der Waals surface area contributed by atoms with Crippen LogP contribution in [-0.4, -0.2) is 84.8 Å². The van der Waals surface area contributed by atoms with E-state index >= 15 is 0 Å². The van der Waals surface area contributed by atoms with Gasteiger partial charge in [0, 0.05) is 56.5 Å². The Morgan fingerprint density at radius 2 is 1.85 bits per heavy atom. The molecule has 0 aliphatic carbocycles. The zero-order chi connectivity index (χ0) is 27.4. The molecule has 2 unspecified atom stereocenters. The number of hydrogen-bond donors (Lipinski definition) is 1. The minimum Gasteiger partial charge on any atom is -0.497 e. The Bertz CT molecular complexity index is 1360. The Morgan fingerprint density at radius 3 is 2.51 bits per heavy atom. The molecule has 5 rings (SSSR count). The topological polar surface area (TPSA) is 110 Å². The number of methoxy groups -OCH3 is 1. The maximum Gasteiger partial charge on any atom is 0.176 e. The lowest BCUT2D eigenvalue weighted by molar-refractivity contribution is -0.0418. The first-order valence-electron chi connectivity index (χ1n) is 12.8. The number of piperazine rings is 1. The Morgan fingerprint density at radius 1 is 1.08 bits per heavy atom. The number of aliphatic hydroxyl groups is 1. The van der Waals surface area contributed by atoms with Gasteiger partial charge in [0.2, 0.25) is 0 Å². The van der Waals surface area contributed by atoms with Crippen molar-refractivity contribution in [1.29, 1.82) is 0 Å². The molecule has 4 aromatic rings. The van der Waals surface area contributed by atoms with Crippen molar-refractivity contribution in [2.24, 2.45) is 0 Å².